The van der Waals surface area contributed by atoms with Crippen LogP contribution >= 0.6 is 0 Å². The van der Waals surface area contributed by atoms with Crippen molar-refractivity contribution in [3.63, 3.8) is 0 Å². The largest absolute Gasteiger partial charge is 0.509 e. The fourth-order valence-corrected chi connectivity index (χ4v) is 1.59. The zero-order chi connectivity index (χ0) is 12.4. The smallest absolute Gasteiger partial charge is 0.422 e. The summed E-state index contributed by atoms with van der Waals surface area (Å²) in [6.07, 6.45) is -0.472. The molecule has 0 unspecified atom stereocenters. The minimum atomic E-state index is -0.766. The Hall–Kier alpha value is -2.37. The van der Waals surface area contributed by atoms with Crippen LogP contribution in [-0.4, -0.2) is 17.2 Å². The molecule has 1 aliphatic heterocycles. The van der Waals surface area contributed by atoms with Crippen LogP contribution in [0.25, 0.3) is 0 Å². The van der Waals surface area contributed by atoms with Crippen LogP contribution in [0.1, 0.15) is 11.7 Å². The van der Waals surface area contributed by atoms with Crippen LogP contribution in [0.15, 0.2) is 36.9 Å². The highest BCUT2D eigenvalue weighted by molar-refractivity contribution is 5.63. The summed E-state index contributed by atoms with van der Waals surface area (Å²) in [5, 5.41) is 10.5. The third-order valence-electron chi connectivity index (χ3n) is 2.42. The molecule has 6 heteroatoms. The minimum absolute atomic E-state index is 0.0193. The van der Waals surface area contributed by atoms with Crippen LogP contribution in [0.3, 0.4) is 0 Å². The minimum Gasteiger partial charge on any atom is -0.422 e. The summed E-state index contributed by atoms with van der Waals surface area (Å²) < 4.78 is 9.79. The maximum absolute atomic E-state index is 11.0. The number of carbonyl (C=O) groups excluding carboxylic acids is 1. The van der Waals surface area contributed by atoms with Gasteiger partial charge >= 0.3 is 6.16 Å². The first kappa shape index (κ1) is 11.1. The fraction of sp³-hybridized carbons (Fsp3) is 0.182. The van der Waals surface area contributed by atoms with E-state index >= 15 is 0 Å². The van der Waals surface area contributed by atoms with Gasteiger partial charge in [0.25, 0.3) is 5.69 Å². The average Bonchev–Trinajstić information content (AvgIpc) is 2.70. The van der Waals surface area contributed by atoms with Crippen molar-refractivity contribution in [2.45, 2.75) is 12.2 Å². The summed E-state index contributed by atoms with van der Waals surface area (Å²) in [6, 6.07) is 5.76. The number of ether oxygens (including phenoxy) is 2. The van der Waals surface area contributed by atoms with Crippen LogP contribution in [0, 0.1) is 10.1 Å². The highest BCUT2D eigenvalue weighted by Gasteiger charge is 2.35. The second-order valence-corrected chi connectivity index (χ2v) is 3.46. The lowest BCUT2D eigenvalue weighted by Crippen LogP contribution is -2.11. The number of hydrogen-bond acceptors (Lipinski definition) is 5. The van der Waals surface area contributed by atoms with Crippen LogP contribution in [0.2, 0.25) is 0 Å². The maximum atomic E-state index is 11.0. The van der Waals surface area contributed by atoms with Gasteiger partial charge in [0.1, 0.15) is 0 Å². The Morgan fingerprint density at radius 2 is 1.94 bits per heavy atom. The lowest BCUT2D eigenvalue weighted by atomic mass is 10.0. The van der Waals surface area contributed by atoms with Gasteiger partial charge in [-0.15, -0.1) is 0 Å². The molecule has 0 radical (unpaired) electrons. The topological polar surface area (TPSA) is 78.7 Å². The van der Waals surface area contributed by atoms with Crippen LogP contribution < -0.4 is 0 Å². The summed E-state index contributed by atoms with van der Waals surface area (Å²) in [7, 11) is 0. The monoisotopic (exact) mass is 235 g/mol. The van der Waals surface area contributed by atoms with Crippen molar-refractivity contribution in [3.05, 3.63) is 52.6 Å². The molecule has 1 saturated heterocycles. The molecule has 0 bridgehead atoms. The molecular formula is C11H9NO5. The quantitative estimate of drug-likeness (QED) is 0.348. The van der Waals surface area contributed by atoms with Crippen molar-refractivity contribution in [3.8, 4) is 0 Å². The number of nitro benzene ring substituents is 1. The first-order valence-corrected chi connectivity index (χ1v) is 4.86. The van der Waals surface area contributed by atoms with E-state index in [4.69, 9.17) is 9.47 Å². The average molecular weight is 235 g/mol. The number of benzene rings is 1. The fourth-order valence-electron chi connectivity index (χ4n) is 1.59. The van der Waals surface area contributed by atoms with Crippen molar-refractivity contribution in [2.24, 2.45) is 0 Å². The second kappa shape index (κ2) is 4.25. The molecular weight excluding hydrogens is 226 g/mol. The van der Waals surface area contributed by atoms with Gasteiger partial charge in [0, 0.05) is 12.1 Å². The highest BCUT2D eigenvalue weighted by atomic mass is 16.8. The number of hydrogen-bond donors (Lipinski definition) is 0. The van der Waals surface area contributed by atoms with Gasteiger partial charge in [0.05, 0.1) is 4.92 Å². The third kappa shape index (κ3) is 2.10. The van der Waals surface area contributed by atoms with Crippen molar-refractivity contribution >= 4 is 11.8 Å². The van der Waals surface area contributed by atoms with Gasteiger partial charge in [-0.25, -0.2) is 4.79 Å². The SMILES string of the molecule is C=C[C@@H]1OC(=O)O[C@H]1c1ccc([N+](=O)[O-])cc1. The molecule has 0 spiro atoms. The Morgan fingerprint density at radius 1 is 1.29 bits per heavy atom. The Bertz CT molecular complexity index is 467. The van der Waals surface area contributed by atoms with Gasteiger partial charge in [-0.3, -0.25) is 10.1 Å². The zero-order valence-corrected chi connectivity index (χ0v) is 8.74. The number of nitro groups is 1. The van der Waals surface area contributed by atoms with E-state index < -0.39 is 23.3 Å². The number of non-ortho nitro benzene ring substituents is 1. The van der Waals surface area contributed by atoms with E-state index in [9.17, 15) is 14.9 Å². The Kier molecular flexibility index (Phi) is 2.78. The molecule has 1 fully saturated rings. The first-order chi connectivity index (χ1) is 8.11. The van der Waals surface area contributed by atoms with E-state index in [-0.39, 0.29) is 5.69 Å². The molecule has 0 N–H and O–H groups in total. The Balaban J connectivity index is 2.25. The van der Waals surface area contributed by atoms with Crippen molar-refractivity contribution < 1.29 is 19.2 Å². The Labute approximate surface area is 96.6 Å². The molecule has 0 saturated carbocycles. The molecule has 2 rings (SSSR count). The first-order valence-electron chi connectivity index (χ1n) is 4.86. The maximum Gasteiger partial charge on any atom is 0.509 e. The lowest BCUT2D eigenvalue weighted by Gasteiger charge is -2.11. The lowest BCUT2D eigenvalue weighted by molar-refractivity contribution is -0.384. The number of carbonyl (C=O) groups is 1. The van der Waals surface area contributed by atoms with Gasteiger partial charge in [0.2, 0.25) is 0 Å². The molecule has 88 valence electrons. The third-order valence-corrected chi connectivity index (χ3v) is 2.42. The van der Waals surface area contributed by atoms with Gasteiger partial charge in [-0.1, -0.05) is 6.58 Å². The summed E-state index contributed by atoms with van der Waals surface area (Å²) >= 11 is 0. The van der Waals surface area contributed by atoms with Crippen molar-refractivity contribution in [2.75, 3.05) is 0 Å². The van der Waals surface area contributed by atoms with E-state index in [1.165, 1.54) is 30.3 Å². The summed E-state index contributed by atoms with van der Waals surface area (Å²) in [5.74, 6) is 0. The predicted octanol–water partition coefficient (Wildman–Crippen LogP) is 2.36. The molecule has 17 heavy (non-hydrogen) atoms. The van der Waals surface area contributed by atoms with Crippen LogP contribution in [0.4, 0.5) is 10.5 Å². The van der Waals surface area contributed by atoms with E-state index in [1.807, 2.05) is 0 Å². The Morgan fingerprint density at radius 3 is 2.47 bits per heavy atom. The molecule has 0 aromatic heterocycles. The highest BCUT2D eigenvalue weighted by Crippen LogP contribution is 2.31. The van der Waals surface area contributed by atoms with E-state index in [1.54, 1.807) is 0 Å². The number of rotatable bonds is 3. The molecule has 0 amide bonds. The van der Waals surface area contributed by atoms with Crippen LogP contribution in [-0.2, 0) is 9.47 Å². The van der Waals surface area contributed by atoms with E-state index in [2.05, 4.69) is 6.58 Å². The van der Waals surface area contributed by atoms with Gasteiger partial charge < -0.3 is 9.47 Å². The van der Waals surface area contributed by atoms with Crippen LogP contribution in [0.5, 0.6) is 0 Å². The normalized spacial score (nSPS) is 22.7. The predicted molar refractivity (Wildman–Crippen MR) is 57.4 cm³/mol. The van der Waals surface area contributed by atoms with E-state index in [0.29, 0.717) is 5.56 Å². The van der Waals surface area contributed by atoms with E-state index in [0.717, 1.165) is 0 Å². The summed E-state index contributed by atoms with van der Waals surface area (Å²) in [5.41, 5.74) is 0.612. The number of nitrogens with zero attached hydrogens (tertiary/aromatic N) is 1. The van der Waals surface area contributed by atoms with Gasteiger partial charge in [-0.05, 0) is 23.8 Å². The second-order valence-electron chi connectivity index (χ2n) is 3.46. The van der Waals surface area contributed by atoms with Crippen molar-refractivity contribution in [1.29, 1.82) is 0 Å². The summed E-state index contributed by atoms with van der Waals surface area (Å²) in [6.45, 7) is 3.53. The summed E-state index contributed by atoms with van der Waals surface area (Å²) in [4.78, 5) is 21.0. The van der Waals surface area contributed by atoms with Crippen molar-refractivity contribution in [1.82, 2.24) is 0 Å². The molecule has 2 atom stereocenters. The number of cyclic esters (lactones) is 2. The van der Waals surface area contributed by atoms with Gasteiger partial charge in [0.15, 0.2) is 12.2 Å². The standard InChI is InChI=1S/C11H9NO5/c1-2-9-10(17-11(13)16-9)7-3-5-8(6-4-7)12(14)15/h2-6,9-10H,1H2/t9-,10-/m0/s1. The molecule has 0 aliphatic carbocycles. The molecule has 1 aliphatic rings. The van der Waals surface area contributed by atoms with Gasteiger partial charge in [-0.2, -0.15) is 0 Å². The zero-order valence-electron chi connectivity index (χ0n) is 8.74. The molecule has 1 aromatic rings. The molecule has 1 aromatic carbocycles. The molecule has 1 heterocycles. The molecule has 6 nitrogen and oxygen atoms in total.